The minimum Gasteiger partial charge on any atom is -0.491 e. The van der Waals surface area contributed by atoms with Gasteiger partial charge in [-0.2, -0.15) is 0 Å². The molecule has 1 heterocycles. The molecule has 6 heteroatoms. The molecular weight excluding hydrogens is 323 g/mol. The molecule has 0 aromatic heterocycles. The van der Waals surface area contributed by atoms with Crippen LogP contribution in [0.5, 0.6) is 5.75 Å². The Morgan fingerprint density at radius 1 is 1.12 bits per heavy atom. The summed E-state index contributed by atoms with van der Waals surface area (Å²) in [5.41, 5.74) is 0.316. The van der Waals surface area contributed by atoms with Gasteiger partial charge in [0.15, 0.2) is 11.6 Å². The third kappa shape index (κ3) is 3.94. The second kappa shape index (κ2) is 7.85. The molecule has 1 saturated heterocycles. The molecule has 3 rings (SSSR count). The summed E-state index contributed by atoms with van der Waals surface area (Å²) in [5.74, 6) is -0.164. The zero-order valence-electron chi connectivity index (χ0n) is 14.7. The SMILES string of the molecule is CCOc1ccc(C(=O)N2CCN(C(=O)C3CCCC3)CC2)cc1F. The van der Waals surface area contributed by atoms with Crippen LogP contribution in [-0.2, 0) is 4.79 Å². The van der Waals surface area contributed by atoms with Gasteiger partial charge in [-0.1, -0.05) is 12.8 Å². The number of carbonyl (C=O) groups is 2. The van der Waals surface area contributed by atoms with Crippen LogP contribution in [0.4, 0.5) is 4.39 Å². The summed E-state index contributed by atoms with van der Waals surface area (Å²) in [6, 6.07) is 4.31. The van der Waals surface area contributed by atoms with E-state index < -0.39 is 5.82 Å². The Kier molecular flexibility index (Phi) is 5.56. The van der Waals surface area contributed by atoms with Gasteiger partial charge in [0.05, 0.1) is 6.61 Å². The molecule has 0 spiro atoms. The molecule has 0 bridgehead atoms. The molecule has 0 N–H and O–H groups in total. The van der Waals surface area contributed by atoms with E-state index in [1.165, 1.54) is 12.1 Å². The molecule has 1 aromatic rings. The third-order valence-corrected chi connectivity index (χ3v) is 5.06. The summed E-state index contributed by atoms with van der Waals surface area (Å²) >= 11 is 0. The molecule has 25 heavy (non-hydrogen) atoms. The highest BCUT2D eigenvalue weighted by Gasteiger charge is 2.30. The first-order valence-electron chi connectivity index (χ1n) is 9.10. The van der Waals surface area contributed by atoms with Crippen molar-refractivity contribution in [2.24, 2.45) is 5.92 Å². The summed E-state index contributed by atoms with van der Waals surface area (Å²) in [6.07, 6.45) is 4.25. The van der Waals surface area contributed by atoms with Crippen molar-refractivity contribution >= 4 is 11.8 Å². The third-order valence-electron chi connectivity index (χ3n) is 5.06. The van der Waals surface area contributed by atoms with E-state index in [1.807, 2.05) is 4.90 Å². The van der Waals surface area contributed by atoms with Gasteiger partial charge in [0.2, 0.25) is 5.91 Å². The smallest absolute Gasteiger partial charge is 0.254 e. The average molecular weight is 348 g/mol. The molecule has 1 aliphatic heterocycles. The number of piperazine rings is 1. The normalized spacial score (nSPS) is 18.5. The zero-order chi connectivity index (χ0) is 17.8. The molecule has 5 nitrogen and oxygen atoms in total. The maximum atomic E-state index is 14.0. The summed E-state index contributed by atoms with van der Waals surface area (Å²) in [4.78, 5) is 28.6. The summed E-state index contributed by atoms with van der Waals surface area (Å²) in [7, 11) is 0. The zero-order valence-corrected chi connectivity index (χ0v) is 14.7. The van der Waals surface area contributed by atoms with Gasteiger partial charge in [-0.3, -0.25) is 9.59 Å². The Bertz CT molecular complexity index is 636. The van der Waals surface area contributed by atoms with Crippen molar-refractivity contribution in [1.82, 2.24) is 9.80 Å². The van der Waals surface area contributed by atoms with Crippen molar-refractivity contribution in [2.45, 2.75) is 32.6 Å². The topological polar surface area (TPSA) is 49.9 Å². The predicted molar refractivity (Wildman–Crippen MR) is 92.0 cm³/mol. The Hall–Kier alpha value is -2.11. The number of nitrogens with zero attached hydrogens (tertiary/aromatic N) is 2. The van der Waals surface area contributed by atoms with E-state index in [0.29, 0.717) is 38.3 Å². The number of benzene rings is 1. The van der Waals surface area contributed by atoms with Crippen LogP contribution < -0.4 is 4.74 Å². The van der Waals surface area contributed by atoms with Crippen LogP contribution in [0.15, 0.2) is 18.2 Å². The lowest BCUT2D eigenvalue weighted by Gasteiger charge is -2.36. The van der Waals surface area contributed by atoms with Crippen molar-refractivity contribution in [2.75, 3.05) is 32.8 Å². The molecule has 1 aromatic carbocycles. The maximum Gasteiger partial charge on any atom is 0.254 e. The van der Waals surface area contributed by atoms with E-state index in [9.17, 15) is 14.0 Å². The fourth-order valence-electron chi connectivity index (χ4n) is 3.65. The minimum atomic E-state index is -0.525. The van der Waals surface area contributed by atoms with Crippen molar-refractivity contribution in [3.8, 4) is 5.75 Å². The van der Waals surface area contributed by atoms with Gasteiger partial charge < -0.3 is 14.5 Å². The van der Waals surface area contributed by atoms with Crippen LogP contribution in [0, 0.1) is 11.7 Å². The highest BCUT2D eigenvalue weighted by Crippen LogP contribution is 2.27. The minimum absolute atomic E-state index is 0.158. The van der Waals surface area contributed by atoms with E-state index in [-0.39, 0.29) is 23.5 Å². The van der Waals surface area contributed by atoms with Crippen molar-refractivity contribution in [3.63, 3.8) is 0 Å². The monoisotopic (exact) mass is 348 g/mol. The summed E-state index contributed by atoms with van der Waals surface area (Å²) < 4.78 is 19.1. The quantitative estimate of drug-likeness (QED) is 0.841. The molecular formula is C19H25FN2O3. The molecule has 1 aliphatic carbocycles. The fourth-order valence-corrected chi connectivity index (χ4v) is 3.65. The number of amides is 2. The maximum absolute atomic E-state index is 14.0. The lowest BCUT2D eigenvalue weighted by atomic mass is 10.1. The Balaban J connectivity index is 1.58. The average Bonchev–Trinajstić information content (AvgIpc) is 3.17. The molecule has 2 amide bonds. The highest BCUT2D eigenvalue weighted by atomic mass is 19.1. The number of halogens is 1. The summed E-state index contributed by atoms with van der Waals surface area (Å²) in [5, 5.41) is 0. The Labute approximate surface area is 147 Å². The summed E-state index contributed by atoms with van der Waals surface area (Å²) in [6.45, 7) is 4.26. The molecule has 2 aliphatic rings. The van der Waals surface area contributed by atoms with E-state index in [0.717, 1.165) is 25.7 Å². The molecule has 0 radical (unpaired) electrons. The van der Waals surface area contributed by atoms with E-state index >= 15 is 0 Å². The van der Waals surface area contributed by atoms with Crippen LogP contribution in [0.25, 0.3) is 0 Å². The first-order chi connectivity index (χ1) is 12.1. The van der Waals surface area contributed by atoms with E-state index in [4.69, 9.17) is 4.74 Å². The number of carbonyl (C=O) groups excluding carboxylic acids is 2. The van der Waals surface area contributed by atoms with Crippen LogP contribution in [-0.4, -0.2) is 54.4 Å². The van der Waals surface area contributed by atoms with Gasteiger partial charge in [-0.15, -0.1) is 0 Å². The van der Waals surface area contributed by atoms with Gasteiger partial charge in [-0.25, -0.2) is 4.39 Å². The lowest BCUT2D eigenvalue weighted by Crippen LogP contribution is -2.51. The van der Waals surface area contributed by atoms with Crippen LogP contribution in [0.2, 0.25) is 0 Å². The number of hydrogen-bond donors (Lipinski definition) is 0. The second-order valence-corrected chi connectivity index (χ2v) is 6.68. The standard InChI is InChI=1S/C19H25FN2O3/c1-2-25-17-8-7-15(13-16(17)20)19(24)22-11-9-21(10-12-22)18(23)14-5-3-4-6-14/h7-8,13-14H,2-6,9-12H2,1H3. The predicted octanol–water partition coefficient (Wildman–Crippen LogP) is 2.70. The van der Waals surface area contributed by atoms with Crippen molar-refractivity contribution in [3.05, 3.63) is 29.6 Å². The number of ether oxygens (including phenoxy) is 1. The van der Waals surface area contributed by atoms with Crippen molar-refractivity contribution < 1.29 is 18.7 Å². The number of rotatable bonds is 4. The van der Waals surface area contributed by atoms with E-state index in [2.05, 4.69) is 0 Å². The number of hydrogen-bond acceptors (Lipinski definition) is 3. The lowest BCUT2D eigenvalue weighted by molar-refractivity contribution is -0.136. The fraction of sp³-hybridized carbons (Fsp3) is 0.579. The second-order valence-electron chi connectivity index (χ2n) is 6.68. The first-order valence-corrected chi connectivity index (χ1v) is 9.10. The van der Waals surface area contributed by atoms with Gasteiger partial charge >= 0.3 is 0 Å². The largest absolute Gasteiger partial charge is 0.491 e. The van der Waals surface area contributed by atoms with Crippen LogP contribution >= 0.6 is 0 Å². The highest BCUT2D eigenvalue weighted by molar-refractivity contribution is 5.94. The van der Waals surface area contributed by atoms with Crippen LogP contribution in [0.3, 0.4) is 0 Å². The molecule has 136 valence electrons. The van der Waals surface area contributed by atoms with Gasteiger partial charge in [0, 0.05) is 37.7 Å². The first kappa shape index (κ1) is 17.7. The Morgan fingerprint density at radius 3 is 2.36 bits per heavy atom. The van der Waals surface area contributed by atoms with Crippen LogP contribution in [0.1, 0.15) is 43.0 Å². The molecule has 1 saturated carbocycles. The Morgan fingerprint density at radius 2 is 1.76 bits per heavy atom. The molecule has 0 atom stereocenters. The van der Waals surface area contributed by atoms with E-state index in [1.54, 1.807) is 17.9 Å². The van der Waals surface area contributed by atoms with Gasteiger partial charge in [0.1, 0.15) is 0 Å². The molecule has 2 fully saturated rings. The van der Waals surface area contributed by atoms with Crippen molar-refractivity contribution in [1.29, 1.82) is 0 Å². The van der Waals surface area contributed by atoms with Gasteiger partial charge in [0.25, 0.3) is 5.91 Å². The van der Waals surface area contributed by atoms with Gasteiger partial charge in [-0.05, 0) is 38.0 Å². The molecule has 0 unspecified atom stereocenters.